The van der Waals surface area contributed by atoms with E-state index in [-0.39, 0.29) is 35.9 Å². The van der Waals surface area contributed by atoms with Gasteiger partial charge < -0.3 is 33.6 Å². The number of hydrogen-bond acceptors (Lipinski definition) is 7. The lowest BCUT2D eigenvalue weighted by Gasteiger charge is -2.35. The number of carbonyl (C=O) groups is 2. The molecule has 0 saturated carbocycles. The van der Waals surface area contributed by atoms with E-state index in [4.69, 9.17) is 18.9 Å². The SMILES string of the molecule is COCCCOc1cc(C(=O)N(CC2CN(CC3C=CC=CC3)CC2CN(C(=O)OC(C)(C)C)C(C)C)C(C)C)ccc1OC. The van der Waals surface area contributed by atoms with Crippen LogP contribution in [-0.2, 0) is 9.47 Å². The van der Waals surface area contributed by atoms with Crippen LogP contribution in [0.25, 0.3) is 0 Å². The van der Waals surface area contributed by atoms with Gasteiger partial charge in [-0.1, -0.05) is 24.3 Å². The molecule has 3 atom stereocenters. The van der Waals surface area contributed by atoms with Gasteiger partial charge in [0.05, 0.1) is 13.7 Å². The lowest BCUT2D eigenvalue weighted by Crippen LogP contribution is -2.47. The van der Waals surface area contributed by atoms with Crippen LogP contribution >= 0.6 is 0 Å². The summed E-state index contributed by atoms with van der Waals surface area (Å²) in [5.41, 5.74) is -0.00748. The van der Waals surface area contributed by atoms with Crippen molar-refractivity contribution >= 4 is 12.0 Å². The summed E-state index contributed by atoms with van der Waals surface area (Å²) >= 11 is 0. The van der Waals surface area contributed by atoms with Crippen molar-refractivity contribution in [2.45, 2.75) is 79.0 Å². The Morgan fingerprint density at radius 3 is 2.16 bits per heavy atom. The van der Waals surface area contributed by atoms with Crippen LogP contribution in [0.1, 0.15) is 71.7 Å². The summed E-state index contributed by atoms with van der Waals surface area (Å²) in [6.45, 7) is 18.8. The molecule has 252 valence electrons. The van der Waals surface area contributed by atoms with E-state index in [9.17, 15) is 9.59 Å². The Hall–Kier alpha value is -3.04. The van der Waals surface area contributed by atoms with Crippen LogP contribution in [0.4, 0.5) is 4.79 Å². The Morgan fingerprint density at radius 1 is 0.933 bits per heavy atom. The molecule has 1 saturated heterocycles. The number of allylic oxidation sites excluding steroid dienone is 3. The molecule has 3 unspecified atom stereocenters. The first-order valence-corrected chi connectivity index (χ1v) is 16.5. The molecule has 0 bridgehead atoms. The Labute approximate surface area is 271 Å². The molecule has 45 heavy (non-hydrogen) atoms. The summed E-state index contributed by atoms with van der Waals surface area (Å²) in [5, 5.41) is 0. The smallest absolute Gasteiger partial charge is 0.410 e. The standard InChI is InChI=1S/C36H57N3O6/c1-26(2)38(34(40)29-16-17-32(43-9)33(20-29)44-19-13-18-42-8)24-30-22-37(21-28-14-11-10-12-15-28)23-31(30)25-39(27(3)4)35(41)45-36(5,6)7/h10-12,14,16-17,20,26-28,30-31H,13,15,18-19,21-25H2,1-9H3. The molecule has 9 nitrogen and oxygen atoms in total. The van der Waals surface area contributed by atoms with Gasteiger partial charge in [0.1, 0.15) is 5.60 Å². The number of amides is 2. The third-order valence-corrected chi connectivity index (χ3v) is 8.37. The molecule has 0 radical (unpaired) electrons. The second-order valence-electron chi connectivity index (χ2n) is 13.9. The van der Waals surface area contributed by atoms with Gasteiger partial charge in [0.25, 0.3) is 5.91 Å². The van der Waals surface area contributed by atoms with Crippen LogP contribution in [0, 0.1) is 17.8 Å². The zero-order valence-corrected chi connectivity index (χ0v) is 29.1. The largest absolute Gasteiger partial charge is 0.493 e. The molecule has 0 aromatic heterocycles. The van der Waals surface area contributed by atoms with Gasteiger partial charge in [-0.3, -0.25) is 4.79 Å². The number of nitrogens with zero attached hydrogens (tertiary/aromatic N) is 3. The fourth-order valence-corrected chi connectivity index (χ4v) is 6.02. The number of benzene rings is 1. The first kappa shape index (κ1) is 36.4. The van der Waals surface area contributed by atoms with Crippen LogP contribution in [0.15, 0.2) is 42.5 Å². The highest BCUT2D eigenvalue weighted by Gasteiger charge is 2.39. The minimum Gasteiger partial charge on any atom is -0.493 e. The molecule has 1 aliphatic heterocycles. The van der Waals surface area contributed by atoms with Gasteiger partial charge in [0.15, 0.2) is 11.5 Å². The topological polar surface area (TPSA) is 80.8 Å². The van der Waals surface area contributed by atoms with E-state index in [0.29, 0.717) is 49.3 Å². The third-order valence-electron chi connectivity index (χ3n) is 8.37. The highest BCUT2D eigenvalue weighted by atomic mass is 16.6. The van der Waals surface area contributed by atoms with Gasteiger partial charge in [0.2, 0.25) is 0 Å². The molecule has 1 aromatic carbocycles. The van der Waals surface area contributed by atoms with Crippen molar-refractivity contribution in [2.75, 3.05) is 60.2 Å². The van der Waals surface area contributed by atoms with E-state index < -0.39 is 5.60 Å². The van der Waals surface area contributed by atoms with E-state index in [2.05, 4.69) is 43.1 Å². The predicted molar refractivity (Wildman–Crippen MR) is 179 cm³/mol. The molecule has 1 fully saturated rings. The van der Waals surface area contributed by atoms with Crippen molar-refractivity contribution in [3.63, 3.8) is 0 Å². The summed E-state index contributed by atoms with van der Waals surface area (Å²) in [4.78, 5) is 33.7. The van der Waals surface area contributed by atoms with Crippen LogP contribution in [0.2, 0.25) is 0 Å². The quantitative estimate of drug-likeness (QED) is 0.212. The molecule has 1 heterocycles. The van der Waals surface area contributed by atoms with Crippen LogP contribution in [0.5, 0.6) is 11.5 Å². The first-order chi connectivity index (χ1) is 21.3. The molecular formula is C36H57N3O6. The fourth-order valence-electron chi connectivity index (χ4n) is 6.02. The van der Waals surface area contributed by atoms with Crippen molar-refractivity contribution < 1.29 is 28.5 Å². The Bertz CT molecular complexity index is 1160. The second-order valence-corrected chi connectivity index (χ2v) is 13.9. The third kappa shape index (κ3) is 11.1. The maximum atomic E-state index is 14.1. The van der Waals surface area contributed by atoms with Crippen molar-refractivity contribution in [1.82, 2.24) is 14.7 Å². The molecule has 2 aliphatic rings. The normalized spacial score (nSPS) is 20.1. The van der Waals surface area contributed by atoms with Crippen LogP contribution < -0.4 is 9.47 Å². The van der Waals surface area contributed by atoms with Gasteiger partial charge in [0, 0.05) is 70.5 Å². The molecule has 1 aromatic rings. The Kier molecular flexibility index (Phi) is 13.8. The summed E-state index contributed by atoms with van der Waals surface area (Å²) in [6, 6.07) is 5.37. The van der Waals surface area contributed by atoms with E-state index in [0.717, 1.165) is 32.5 Å². The zero-order valence-electron chi connectivity index (χ0n) is 29.1. The number of rotatable bonds is 15. The molecule has 2 amide bonds. The maximum absolute atomic E-state index is 14.1. The molecular weight excluding hydrogens is 570 g/mol. The first-order valence-electron chi connectivity index (χ1n) is 16.5. The number of methoxy groups -OCH3 is 2. The number of hydrogen-bond donors (Lipinski definition) is 0. The average Bonchev–Trinajstić information content (AvgIpc) is 3.36. The molecule has 3 rings (SSSR count). The number of ether oxygens (including phenoxy) is 4. The summed E-state index contributed by atoms with van der Waals surface area (Å²) in [5.74, 6) is 1.94. The molecule has 9 heteroatoms. The summed E-state index contributed by atoms with van der Waals surface area (Å²) < 4.78 is 22.4. The van der Waals surface area contributed by atoms with Gasteiger partial charge in [-0.25, -0.2) is 4.79 Å². The van der Waals surface area contributed by atoms with Crippen LogP contribution in [-0.4, -0.2) is 105 Å². The van der Waals surface area contributed by atoms with Crippen molar-refractivity contribution in [2.24, 2.45) is 17.8 Å². The van der Waals surface area contributed by atoms with Gasteiger partial charge in [-0.2, -0.15) is 0 Å². The van der Waals surface area contributed by atoms with Crippen molar-refractivity contribution in [3.8, 4) is 11.5 Å². The summed E-state index contributed by atoms with van der Waals surface area (Å²) in [7, 11) is 3.26. The van der Waals surface area contributed by atoms with Crippen molar-refractivity contribution in [3.05, 3.63) is 48.1 Å². The number of carbonyl (C=O) groups excluding carboxylic acids is 2. The van der Waals surface area contributed by atoms with Gasteiger partial charge in [-0.15, -0.1) is 0 Å². The maximum Gasteiger partial charge on any atom is 0.410 e. The Morgan fingerprint density at radius 2 is 1.60 bits per heavy atom. The van der Waals surface area contributed by atoms with E-state index in [1.54, 1.807) is 26.4 Å². The fraction of sp³-hybridized carbons (Fsp3) is 0.667. The zero-order chi connectivity index (χ0) is 33.1. The van der Waals surface area contributed by atoms with Gasteiger partial charge in [-0.05, 0) is 90.8 Å². The lowest BCUT2D eigenvalue weighted by atomic mass is 9.93. The van der Waals surface area contributed by atoms with Gasteiger partial charge >= 0.3 is 6.09 Å². The highest BCUT2D eigenvalue weighted by Crippen LogP contribution is 2.32. The Balaban J connectivity index is 1.84. The molecule has 1 aliphatic carbocycles. The minimum absolute atomic E-state index is 0.00888. The lowest BCUT2D eigenvalue weighted by molar-refractivity contribution is 0.0137. The highest BCUT2D eigenvalue weighted by molar-refractivity contribution is 5.95. The monoisotopic (exact) mass is 627 g/mol. The predicted octanol–water partition coefficient (Wildman–Crippen LogP) is 6.29. The van der Waals surface area contributed by atoms with E-state index in [1.165, 1.54) is 0 Å². The number of likely N-dealkylation sites (tertiary alicyclic amines) is 1. The average molecular weight is 628 g/mol. The van der Waals surface area contributed by atoms with E-state index >= 15 is 0 Å². The van der Waals surface area contributed by atoms with Crippen LogP contribution in [0.3, 0.4) is 0 Å². The molecule has 0 spiro atoms. The molecule has 0 N–H and O–H groups in total. The minimum atomic E-state index is -0.572. The van der Waals surface area contributed by atoms with E-state index in [1.807, 2.05) is 50.5 Å². The summed E-state index contributed by atoms with van der Waals surface area (Å²) in [6.07, 6.45) is 10.2. The second kappa shape index (κ2) is 17.0. The van der Waals surface area contributed by atoms with Crippen molar-refractivity contribution in [1.29, 1.82) is 0 Å².